The lowest BCUT2D eigenvalue weighted by molar-refractivity contribution is 0.0932. The number of halogens is 1. The summed E-state index contributed by atoms with van der Waals surface area (Å²) in [5.74, 6) is -0.395. The Kier molecular flexibility index (Phi) is 7.23. The van der Waals surface area contributed by atoms with E-state index in [-0.39, 0.29) is 23.7 Å². The molecular weight excluding hydrogens is 421 g/mol. The van der Waals surface area contributed by atoms with Gasteiger partial charge in [0, 0.05) is 38.4 Å². The van der Waals surface area contributed by atoms with Crippen LogP contribution >= 0.6 is 0 Å². The molecule has 4 rings (SSSR count). The highest BCUT2D eigenvalue weighted by Gasteiger charge is 2.31. The summed E-state index contributed by atoms with van der Waals surface area (Å²) in [6.07, 6.45) is 0. The number of β-amino-alcohol motifs (C(OH)–C–C–N with tert-alkyl or cyclic N) is 1. The molecule has 174 valence electrons. The summed E-state index contributed by atoms with van der Waals surface area (Å²) >= 11 is 0. The normalized spacial score (nSPS) is 16.1. The molecule has 0 bridgehead atoms. The molecule has 0 radical (unpaired) electrons. The van der Waals surface area contributed by atoms with Crippen molar-refractivity contribution in [3.05, 3.63) is 99.2 Å². The maximum atomic E-state index is 13.8. The topological polar surface area (TPSA) is 68.9 Å². The van der Waals surface area contributed by atoms with Crippen molar-refractivity contribution in [3.8, 4) is 5.75 Å². The highest BCUT2D eigenvalue weighted by atomic mass is 19.1. The Labute approximate surface area is 193 Å². The predicted molar refractivity (Wildman–Crippen MR) is 126 cm³/mol. The Morgan fingerprint density at radius 1 is 1.00 bits per heavy atom. The van der Waals surface area contributed by atoms with Gasteiger partial charge in [-0.05, 0) is 36.2 Å². The van der Waals surface area contributed by atoms with Crippen LogP contribution in [0.1, 0.15) is 28.4 Å². The summed E-state index contributed by atoms with van der Waals surface area (Å²) in [7, 11) is 0. The maximum Gasteiger partial charge on any atom is 0.259 e. The first-order valence-electron chi connectivity index (χ1n) is 11.3. The Balaban J connectivity index is 1.77. The number of aliphatic hydroxyl groups is 1. The molecule has 7 heteroatoms. The van der Waals surface area contributed by atoms with Crippen molar-refractivity contribution < 1.29 is 14.6 Å². The Morgan fingerprint density at radius 3 is 2.30 bits per heavy atom. The van der Waals surface area contributed by atoms with Crippen molar-refractivity contribution >= 4 is 0 Å². The van der Waals surface area contributed by atoms with Gasteiger partial charge in [-0.25, -0.2) is 4.39 Å². The standard InChI is InChI=1S/C26H30FN3O3/c1-19-17-23(32)24(26(33)30(19)18-20-5-3-2-4-6-20)25(21-7-9-22(27)10-8-21)29-13-11-28(12-14-29)15-16-31/h2-10,17,25,31-32H,11-16,18H2,1H3. The second-order valence-corrected chi connectivity index (χ2v) is 8.52. The van der Waals surface area contributed by atoms with Gasteiger partial charge in [-0.15, -0.1) is 0 Å². The average molecular weight is 452 g/mol. The smallest absolute Gasteiger partial charge is 0.259 e. The van der Waals surface area contributed by atoms with Gasteiger partial charge in [-0.2, -0.15) is 0 Å². The predicted octanol–water partition coefficient (Wildman–Crippen LogP) is 2.75. The third-order valence-corrected chi connectivity index (χ3v) is 6.35. The Hall–Kier alpha value is -3.00. The van der Waals surface area contributed by atoms with Gasteiger partial charge in [0.05, 0.1) is 24.8 Å². The molecule has 0 amide bonds. The van der Waals surface area contributed by atoms with E-state index < -0.39 is 6.04 Å². The molecule has 33 heavy (non-hydrogen) atoms. The van der Waals surface area contributed by atoms with Crippen molar-refractivity contribution in [3.63, 3.8) is 0 Å². The number of hydrogen-bond acceptors (Lipinski definition) is 5. The molecule has 1 aliphatic rings. The summed E-state index contributed by atoms with van der Waals surface area (Å²) in [4.78, 5) is 18.1. The van der Waals surface area contributed by atoms with Crippen LogP contribution in [0.5, 0.6) is 5.75 Å². The van der Waals surface area contributed by atoms with E-state index >= 15 is 0 Å². The number of aromatic hydroxyl groups is 1. The number of hydrogen-bond donors (Lipinski definition) is 2. The molecular formula is C26H30FN3O3. The molecule has 1 saturated heterocycles. The van der Waals surface area contributed by atoms with Crippen molar-refractivity contribution in [1.29, 1.82) is 0 Å². The van der Waals surface area contributed by atoms with Gasteiger partial charge in [0.1, 0.15) is 11.6 Å². The van der Waals surface area contributed by atoms with Crippen molar-refractivity contribution in [2.75, 3.05) is 39.3 Å². The van der Waals surface area contributed by atoms with E-state index in [1.54, 1.807) is 22.8 Å². The molecule has 2 N–H and O–H groups in total. The number of piperazine rings is 1. The number of pyridine rings is 1. The minimum atomic E-state index is -0.503. The Morgan fingerprint density at radius 2 is 1.67 bits per heavy atom. The van der Waals surface area contributed by atoms with E-state index in [2.05, 4.69) is 9.80 Å². The quantitative estimate of drug-likeness (QED) is 0.578. The fraction of sp³-hybridized carbons (Fsp3) is 0.346. The zero-order chi connectivity index (χ0) is 23.4. The summed E-state index contributed by atoms with van der Waals surface area (Å²) < 4.78 is 15.4. The number of aromatic nitrogens is 1. The van der Waals surface area contributed by atoms with Gasteiger partial charge < -0.3 is 14.8 Å². The summed E-state index contributed by atoms with van der Waals surface area (Å²) in [5.41, 5.74) is 2.49. The van der Waals surface area contributed by atoms with E-state index in [9.17, 15) is 19.4 Å². The van der Waals surface area contributed by atoms with Gasteiger partial charge >= 0.3 is 0 Å². The lowest BCUT2D eigenvalue weighted by Crippen LogP contribution is -2.49. The molecule has 6 nitrogen and oxygen atoms in total. The largest absolute Gasteiger partial charge is 0.507 e. The maximum absolute atomic E-state index is 13.8. The molecule has 3 aromatic rings. The first kappa shape index (κ1) is 23.2. The van der Waals surface area contributed by atoms with Crippen LogP contribution in [-0.2, 0) is 6.54 Å². The first-order valence-corrected chi connectivity index (χ1v) is 11.3. The van der Waals surface area contributed by atoms with E-state index in [1.165, 1.54) is 12.1 Å². The molecule has 0 aliphatic carbocycles. The fourth-order valence-corrected chi connectivity index (χ4v) is 4.58. The zero-order valence-electron chi connectivity index (χ0n) is 18.8. The number of rotatable bonds is 7. The molecule has 1 aromatic heterocycles. The summed E-state index contributed by atoms with van der Waals surface area (Å²) in [6, 6.07) is 17.0. The van der Waals surface area contributed by atoms with Crippen LogP contribution in [0.2, 0.25) is 0 Å². The van der Waals surface area contributed by atoms with Crippen LogP contribution < -0.4 is 5.56 Å². The highest BCUT2D eigenvalue weighted by Crippen LogP contribution is 2.33. The van der Waals surface area contributed by atoms with E-state index in [1.807, 2.05) is 37.3 Å². The van der Waals surface area contributed by atoms with E-state index in [0.717, 1.165) is 24.2 Å². The van der Waals surface area contributed by atoms with E-state index in [4.69, 9.17) is 0 Å². The number of aliphatic hydroxyl groups excluding tert-OH is 1. The van der Waals surface area contributed by atoms with Crippen LogP contribution in [-0.4, -0.2) is 63.9 Å². The summed E-state index contributed by atoms with van der Waals surface area (Å²) in [5, 5.41) is 20.2. The number of aryl methyl sites for hydroxylation is 1. The van der Waals surface area contributed by atoms with Crippen LogP contribution in [0.3, 0.4) is 0 Å². The minimum Gasteiger partial charge on any atom is -0.507 e. The average Bonchev–Trinajstić information content (AvgIpc) is 2.82. The van der Waals surface area contributed by atoms with Crippen molar-refractivity contribution in [2.24, 2.45) is 0 Å². The molecule has 1 fully saturated rings. The SMILES string of the molecule is Cc1cc(O)c(C(c2ccc(F)cc2)N2CCN(CCO)CC2)c(=O)n1Cc1ccccc1. The zero-order valence-corrected chi connectivity index (χ0v) is 18.8. The van der Waals surface area contributed by atoms with E-state index in [0.29, 0.717) is 37.4 Å². The molecule has 1 unspecified atom stereocenters. The van der Waals surface area contributed by atoms with Crippen LogP contribution in [0.25, 0.3) is 0 Å². The van der Waals surface area contributed by atoms with Crippen molar-refractivity contribution in [2.45, 2.75) is 19.5 Å². The van der Waals surface area contributed by atoms with Gasteiger partial charge in [0.25, 0.3) is 5.56 Å². The first-order chi connectivity index (χ1) is 16.0. The van der Waals surface area contributed by atoms with Crippen LogP contribution in [0.15, 0.2) is 65.5 Å². The third-order valence-electron chi connectivity index (χ3n) is 6.35. The van der Waals surface area contributed by atoms with Crippen LogP contribution in [0.4, 0.5) is 4.39 Å². The lowest BCUT2D eigenvalue weighted by atomic mass is 9.95. The third kappa shape index (κ3) is 5.16. The molecule has 1 atom stereocenters. The van der Waals surface area contributed by atoms with Gasteiger partial charge in [0.15, 0.2) is 0 Å². The number of benzene rings is 2. The van der Waals surface area contributed by atoms with Crippen LogP contribution in [0, 0.1) is 12.7 Å². The Bertz CT molecular complexity index is 1120. The molecule has 1 aliphatic heterocycles. The second kappa shape index (κ2) is 10.3. The molecule has 0 spiro atoms. The highest BCUT2D eigenvalue weighted by molar-refractivity contribution is 5.41. The minimum absolute atomic E-state index is 0.0473. The van der Waals surface area contributed by atoms with Gasteiger partial charge in [-0.3, -0.25) is 14.6 Å². The van der Waals surface area contributed by atoms with Gasteiger partial charge in [0.2, 0.25) is 0 Å². The molecule has 2 aromatic carbocycles. The fourth-order valence-electron chi connectivity index (χ4n) is 4.58. The molecule has 2 heterocycles. The summed E-state index contributed by atoms with van der Waals surface area (Å²) in [6.45, 7) is 5.72. The molecule has 0 saturated carbocycles. The van der Waals surface area contributed by atoms with Gasteiger partial charge in [-0.1, -0.05) is 42.5 Å². The lowest BCUT2D eigenvalue weighted by Gasteiger charge is -2.39. The van der Waals surface area contributed by atoms with Crippen molar-refractivity contribution in [1.82, 2.24) is 14.4 Å². The monoisotopic (exact) mass is 451 g/mol. The number of nitrogens with zero attached hydrogens (tertiary/aromatic N) is 3. The second-order valence-electron chi connectivity index (χ2n) is 8.52.